The number of nitrogens with one attached hydrogen (secondary N) is 3. The number of H-pyrrole nitrogens is 1. The summed E-state index contributed by atoms with van der Waals surface area (Å²) in [5, 5.41) is 28.0. The van der Waals surface area contributed by atoms with Gasteiger partial charge in [-0.3, -0.25) is 9.59 Å². The highest BCUT2D eigenvalue weighted by atomic mass is 79.9. The van der Waals surface area contributed by atoms with Gasteiger partial charge < -0.3 is 15.2 Å². The second-order valence-corrected chi connectivity index (χ2v) is 10.7. The Morgan fingerprint density at radius 1 is 0.829 bits per heavy atom. The molecule has 0 bridgehead atoms. The van der Waals surface area contributed by atoms with E-state index in [1.165, 1.54) is 12.4 Å². The Labute approximate surface area is 233 Å². The van der Waals surface area contributed by atoms with Crippen molar-refractivity contribution in [3.63, 3.8) is 0 Å². The Hall–Kier alpha value is -2.48. The average Bonchev–Trinajstić information content (AvgIpc) is 3.08. The number of aromatic amines is 1. The third-order valence-corrected chi connectivity index (χ3v) is 6.87. The van der Waals surface area contributed by atoms with Gasteiger partial charge in [-0.25, -0.2) is 10.9 Å². The van der Waals surface area contributed by atoms with Gasteiger partial charge in [0.2, 0.25) is 0 Å². The minimum Gasteiger partial charge on any atom is -0.506 e. The molecule has 0 aliphatic carbocycles. The molecule has 182 valence electrons. The van der Waals surface area contributed by atoms with E-state index in [4.69, 9.17) is 0 Å². The van der Waals surface area contributed by atoms with Crippen LogP contribution in [0.15, 0.2) is 52.4 Å². The number of carbonyl (C=O) groups excluding carboxylic acids is 2. The van der Waals surface area contributed by atoms with Crippen LogP contribution < -0.4 is 10.9 Å². The number of hydrogen-bond donors (Lipinski definition) is 5. The van der Waals surface area contributed by atoms with Gasteiger partial charge in [0.1, 0.15) is 17.2 Å². The van der Waals surface area contributed by atoms with Gasteiger partial charge in [-0.05, 0) is 75.5 Å². The molecule has 0 saturated carbocycles. The maximum atomic E-state index is 12.7. The number of aromatic nitrogens is 1. The van der Waals surface area contributed by atoms with Crippen LogP contribution in [-0.4, -0.2) is 39.4 Å². The molecule has 0 aliphatic rings. The molecule has 3 aromatic rings. The molecule has 0 unspecified atom stereocenters. The van der Waals surface area contributed by atoms with Crippen LogP contribution in [0.4, 0.5) is 0 Å². The number of phenolic OH excluding ortho intramolecular Hbond substituents is 2. The van der Waals surface area contributed by atoms with Gasteiger partial charge >= 0.3 is 0 Å². The second kappa shape index (κ2) is 11.5. The number of carbonyl (C=O) groups is 2. The first-order valence-corrected chi connectivity index (χ1v) is 12.9. The number of benzene rings is 2. The minimum atomic E-state index is -0.568. The third kappa shape index (κ3) is 6.40. The van der Waals surface area contributed by atoms with Crippen LogP contribution in [0.5, 0.6) is 11.5 Å². The van der Waals surface area contributed by atoms with Gasteiger partial charge in [0.05, 0.1) is 26.9 Å². The lowest BCUT2D eigenvalue weighted by Crippen LogP contribution is -2.21. The lowest BCUT2D eigenvalue weighted by Gasteiger charge is -2.04. The molecular formula is C22H17Br4N5O4. The van der Waals surface area contributed by atoms with Crippen molar-refractivity contribution in [1.29, 1.82) is 0 Å². The largest absolute Gasteiger partial charge is 0.506 e. The van der Waals surface area contributed by atoms with Gasteiger partial charge in [0.15, 0.2) is 0 Å². The van der Waals surface area contributed by atoms with Crippen molar-refractivity contribution in [2.75, 3.05) is 0 Å². The molecule has 0 spiro atoms. The number of amides is 2. The zero-order chi connectivity index (χ0) is 25.9. The average molecular weight is 735 g/mol. The van der Waals surface area contributed by atoms with E-state index in [-0.39, 0.29) is 22.8 Å². The Morgan fingerprint density at radius 2 is 1.29 bits per heavy atom. The van der Waals surface area contributed by atoms with Crippen LogP contribution in [-0.2, 0) is 0 Å². The highest BCUT2D eigenvalue weighted by molar-refractivity contribution is 9.11. The number of hydrazone groups is 2. The predicted octanol–water partition coefficient (Wildman–Crippen LogP) is 5.62. The van der Waals surface area contributed by atoms with Crippen molar-refractivity contribution < 1.29 is 19.8 Å². The zero-order valence-corrected chi connectivity index (χ0v) is 24.4. The molecule has 9 nitrogen and oxygen atoms in total. The van der Waals surface area contributed by atoms with Crippen LogP contribution in [0.3, 0.4) is 0 Å². The summed E-state index contributed by atoms with van der Waals surface area (Å²) >= 11 is 13.1. The summed E-state index contributed by atoms with van der Waals surface area (Å²) in [6.45, 7) is 3.27. The molecule has 2 aromatic carbocycles. The summed E-state index contributed by atoms with van der Waals surface area (Å²) < 4.78 is 2.37. The molecule has 1 aromatic heterocycles. The monoisotopic (exact) mass is 731 g/mol. The number of rotatable bonds is 6. The van der Waals surface area contributed by atoms with Crippen LogP contribution >= 0.6 is 63.7 Å². The van der Waals surface area contributed by atoms with Crippen LogP contribution in [0, 0.1) is 13.8 Å². The molecule has 35 heavy (non-hydrogen) atoms. The van der Waals surface area contributed by atoms with E-state index >= 15 is 0 Å². The molecule has 0 aliphatic heterocycles. The first kappa shape index (κ1) is 27.1. The van der Waals surface area contributed by atoms with Crippen molar-refractivity contribution in [2.24, 2.45) is 10.2 Å². The standard InChI is InChI=1S/C22H17Br4N5O4/c1-9-17(21(34)30-27-7-11-3-13(23)5-15(25)19(11)32)10(2)29-18(9)22(35)31-28-8-12-4-14(24)6-16(26)20(12)33/h3-8,29,32-33H,1-2H3,(H,30,34)(H,31,35)/b27-7-,28-8-. The molecule has 13 heteroatoms. The first-order valence-electron chi connectivity index (χ1n) is 9.71. The van der Waals surface area contributed by atoms with Crippen molar-refractivity contribution in [1.82, 2.24) is 15.8 Å². The SMILES string of the molecule is Cc1[nH]c(C(=O)N/N=C\c2cc(Br)cc(Br)c2O)c(C)c1C(=O)N/N=C\c1cc(Br)cc(Br)c1O. The molecular weight excluding hydrogens is 718 g/mol. The third-order valence-electron chi connectivity index (χ3n) is 4.75. The van der Waals surface area contributed by atoms with Crippen molar-refractivity contribution in [3.05, 3.63) is 75.8 Å². The van der Waals surface area contributed by atoms with E-state index in [0.717, 1.165) is 0 Å². The van der Waals surface area contributed by atoms with Crippen LogP contribution in [0.1, 0.15) is 43.2 Å². The number of nitrogens with zero attached hydrogens (tertiary/aromatic N) is 2. The number of aromatic hydroxyl groups is 2. The molecule has 0 fully saturated rings. The topological polar surface area (TPSA) is 139 Å². The number of hydrogen-bond acceptors (Lipinski definition) is 6. The van der Waals surface area contributed by atoms with E-state index in [9.17, 15) is 19.8 Å². The number of halogens is 4. The lowest BCUT2D eigenvalue weighted by molar-refractivity contribution is 0.0948. The fourth-order valence-corrected chi connectivity index (χ4v) is 5.64. The molecule has 5 N–H and O–H groups in total. The Morgan fingerprint density at radius 3 is 1.77 bits per heavy atom. The minimum absolute atomic E-state index is 0.0248. The summed E-state index contributed by atoms with van der Waals surface area (Å²) in [6.07, 6.45) is 2.60. The molecule has 0 radical (unpaired) electrons. The van der Waals surface area contributed by atoms with Gasteiger partial charge in [-0.1, -0.05) is 31.9 Å². The smallest absolute Gasteiger partial charge is 0.288 e. The molecule has 2 amide bonds. The van der Waals surface area contributed by atoms with E-state index < -0.39 is 11.8 Å². The maximum absolute atomic E-state index is 12.7. The summed E-state index contributed by atoms with van der Waals surface area (Å²) in [5.74, 6) is -1.15. The Balaban J connectivity index is 1.72. The van der Waals surface area contributed by atoms with Crippen molar-refractivity contribution in [2.45, 2.75) is 13.8 Å². The van der Waals surface area contributed by atoms with Crippen LogP contribution in [0.2, 0.25) is 0 Å². The Bertz CT molecular complexity index is 1380. The lowest BCUT2D eigenvalue weighted by atomic mass is 10.1. The molecule has 0 saturated heterocycles. The second-order valence-electron chi connectivity index (χ2n) is 7.17. The first-order chi connectivity index (χ1) is 16.5. The normalized spacial score (nSPS) is 11.4. The fourth-order valence-electron chi connectivity index (χ4n) is 3.12. The summed E-state index contributed by atoms with van der Waals surface area (Å²) in [7, 11) is 0. The number of aryl methyl sites for hydroxylation is 1. The van der Waals surface area contributed by atoms with Gasteiger partial charge in [0, 0.05) is 25.8 Å². The van der Waals surface area contributed by atoms with E-state index in [1.807, 2.05) is 0 Å². The molecule has 3 rings (SSSR count). The van der Waals surface area contributed by atoms with Gasteiger partial charge in [0.25, 0.3) is 11.8 Å². The fraction of sp³-hybridized carbons (Fsp3) is 0.0909. The number of phenols is 2. The van der Waals surface area contributed by atoms with Gasteiger partial charge in [-0.15, -0.1) is 0 Å². The quantitative estimate of drug-likeness (QED) is 0.166. The highest BCUT2D eigenvalue weighted by Gasteiger charge is 2.22. The van der Waals surface area contributed by atoms with Crippen molar-refractivity contribution >= 4 is 88.0 Å². The Kier molecular flexibility index (Phi) is 8.91. The summed E-state index contributed by atoms with van der Waals surface area (Å²) in [5.41, 5.74) is 6.82. The van der Waals surface area contributed by atoms with Crippen LogP contribution in [0.25, 0.3) is 0 Å². The van der Waals surface area contributed by atoms with Crippen molar-refractivity contribution in [3.8, 4) is 11.5 Å². The van der Waals surface area contributed by atoms with Gasteiger partial charge in [-0.2, -0.15) is 10.2 Å². The highest BCUT2D eigenvalue weighted by Crippen LogP contribution is 2.31. The predicted molar refractivity (Wildman–Crippen MR) is 147 cm³/mol. The summed E-state index contributed by atoms with van der Waals surface area (Å²) in [4.78, 5) is 28.2. The van der Waals surface area contributed by atoms with E-state index in [1.54, 1.807) is 38.1 Å². The maximum Gasteiger partial charge on any atom is 0.288 e. The summed E-state index contributed by atoms with van der Waals surface area (Å²) in [6, 6.07) is 6.62. The molecule has 1 heterocycles. The van der Waals surface area contributed by atoms with E-state index in [0.29, 0.717) is 40.3 Å². The molecule has 0 atom stereocenters. The van der Waals surface area contributed by atoms with E-state index in [2.05, 4.69) is 89.8 Å². The zero-order valence-electron chi connectivity index (χ0n) is 18.1.